The molecule has 5 nitrogen and oxygen atoms in total. The molecule has 1 aliphatic rings. The average Bonchev–Trinajstić information content (AvgIpc) is 2.69. The number of nitrogens with one attached hydrogen (secondary N) is 2. The second-order valence-electron chi connectivity index (χ2n) is 2.98. The van der Waals surface area contributed by atoms with Crippen molar-refractivity contribution in [1.29, 1.82) is 0 Å². The molecule has 0 radical (unpaired) electrons. The largest absolute Gasteiger partial charge is 0.477 e. The number of carboxylic acid groups (broad SMARTS) is 1. The third-order valence-electron chi connectivity index (χ3n) is 1.95. The number of urea groups is 1. The summed E-state index contributed by atoms with van der Waals surface area (Å²) in [6.45, 7) is 0. The van der Waals surface area contributed by atoms with E-state index in [-0.39, 0.29) is 11.7 Å². The molecule has 0 aliphatic carbocycles. The summed E-state index contributed by atoms with van der Waals surface area (Å²) in [4.78, 5) is 22.8. The van der Waals surface area contributed by atoms with Gasteiger partial charge in [0.1, 0.15) is 5.70 Å². The predicted molar refractivity (Wildman–Crippen MR) is 54.4 cm³/mol. The molecule has 1 unspecified atom stereocenters. The molecule has 0 aromatic carbocycles. The maximum Gasteiger partial charge on any atom is 0.352 e. The summed E-state index contributed by atoms with van der Waals surface area (Å²) in [5, 5.41) is 15.5. The quantitative estimate of drug-likeness (QED) is 0.703. The van der Waals surface area contributed by atoms with Crippen LogP contribution in [0, 0.1) is 0 Å². The number of carbonyl (C=O) groups is 2. The van der Waals surface area contributed by atoms with Gasteiger partial charge in [-0.05, 0) is 17.5 Å². The predicted octanol–water partition coefficient (Wildman–Crippen LogP) is 1.07. The van der Waals surface area contributed by atoms with Crippen LogP contribution in [-0.4, -0.2) is 17.1 Å². The van der Waals surface area contributed by atoms with E-state index in [1.165, 1.54) is 17.4 Å². The molecule has 2 amide bonds. The van der Waals surface area contributed by atoms with Crippen LogP contribution in [0.5, 0.6) is 0 Å². The van der Waals surface area contributed by atoms with Crippen molar-refractivity contribution in [3.05, 3.63) is 34.2 Å². The van der Waals surface area contributed by atoms with E-state index >= 15 is 0 Å². The monoisotopic (exact) mass is 224 g/mol. The normalized spacial score (nSPS) is 20.1. The first-order valence-corrected chi connectivity index (χ1v) is 5.11. The number of carbonyl (C=O) groups excluding carboxylic acids is 1. The van der Waals surface area contributed by atoms with Crippen LogP contribution in [0.4, 0.5) is 4.79 Å². The summed E-state index contributed by atoms with van der Waals surface area (Å²) in [7, 11) is 0. The maximum atomic E-state index is 11.2. The fourth-order valence-electron chi connectivity index (χ4n) is 1.30. The van der Waals surface area contributed by atoms with Gasteiger partial charge in [-0.1, -0.05) is 6.07 Å². The highest BCUT2D eigenvalue weighted by Crippen LogP contribution is 2.22. The summed E-state index contributed by atoms with van der Waals surface area (Å²) in [6, 6.07) is 2.84. The number of hydrogen-bond acceptors (Lipinski definition) is 3. The van der Waals surface area contributed by atoms with E-state index in [0.29, 0.717) is 0 Å². The molecule has 78 valence electrons. The molecule has 1 aliphatic heterocycles. The Balaban J connectivity index is 2.30. The molecule has 0 saturated heterocycles. The van der Waals surface area contributed by atoms with Crippen molar-refractivity contribution in [2.24, 2.45) is 0 Å². The van der Waals surface area contributed by atoms with E-state index in [0.717, 1.165) is 4.88 Å². The van der Waals surface area contributed by atoms with Crippen molar-refractivity contribution in [3.8, 4) is 0 Å². The lowest BCUT2D eigenvalue weighted by Crippen LogP contribution is -2.43. The number of thiophene rings is 1. The molecule has 2 rings (SSSR count). The SMILES string of the molecule is O=C1NC(C(=O)O)=CC(c2cccs2)N1. The molecule has 0 bridgehead atoms. The highest BCUT2D eigenvalue weighted by atomic mass is 32.1. The van der Waals surface area contributed by atoms with E-state index in [1.807, 2.05) is 17.5 Å². The van der Waals surface area contributed by atoms with Crippen molar-refractivity contribution in [1.82, 2.24) is 10.6 Å². The Morgan fingerprint density at radius 2 is 2.33 bits per heavy atom. The topological polar surface area (TPSA) is 78.4 Å². The second-order valence-corrected chi connectivity index (χ2v) is 3.96. The number of carboxylic acids is 1. The summed E-state index contributed by atoms with van der Waals surface area (Å²) in [5.41, 5.74) is -0.0860. The van der Waals surface area contributed by atoms with Gasteiger partial charge in [0.25, 0.3) is 0 Å². The lowest BCUT2D eigenvalue weighted by atomic mass is 10.1. The third kappa shape index (κ3) is 1.99. The first kappa shape index (κ1) is 9.72. The lowest BCUT2D eigenvalue weighted by molar-refractivity contribution is -0.133. The Kier molecular flexibility index (Phi) is 2.42. The summed E-state index contributed by atoms with van der Waals surface area (Å²) in [6.07, 6.45) is 1.48. The van der Waals surface area contributed by atoms with Crippen LogP contribution in [0.25, 0.3) is 0 Å². The van der Waals surface area contributed by atoms with E-state index in [4.69, 9.17) is 5.11 Å². The molecule has 1 aromatic rings. The number of rotatable bonds is 2. The van der Waals surface area contributed by atoms with Crippen LogP contribution < -0.4 is 10.6 Å². The van der Waals surface area contributed by atoms with Crippen molar-refractivity contribution in [2.75, 3.05) is 0 Å². The van der Waals surface area contributed by atoms with Gasteiger partial charge in [0.05, 0.1) is 6.04 Å². The minimum Gasteiger partial charge on any atom is -0.477 e. The van der Waals surface area contributed by atoms with Gasteiger partial charge in [-0.25, -0.2) is 9.59 Å². The first-order chi connectivity index (χ1) is 7.16. The molecule has 1 atom stereocenters. The fourth-order valence-corrected chi connectivity index (χ4v) is 2.04. The van der Waals surface area contributed by atoms with E-state index in [9.17, 15) is 9.59 Å². The van der Waals surface area contributed by atoms with Crippen molar-refractivity contribution in [3.63, 3.8) is 0 Å². The lowest BCUT2D eigenvalue weighted by Gasteiger charge is -2.20. The van der Waals surface area contributed by atoms with Gasteiger partial charge in [0, 0.05) is 4.88 Å². The number of hydrogen-bond donors (Lipinski definition) is 3. The zero-order chi connectivity index (χ0) is 10.8. The summed E-state index contributed by atoms with van der Waals surface area (Å²) >= 11 is 1.47. The van der Waals surface area contributed by atoms with Crippen molar-refractivity contribution in [2.45, 2.75) is 6.04 Å². The standard InChI is InChI=1S/C9H8N2O3S/c12-8(13)6-4-5(10-9(14)11-6)7-2-1-3-15-7/h1-5H,(H,12,13)(H2,10,11,14). The molecule has 0 saturated carbocycles. The first-order valence-electron chi connectivity index (χ1n) is 4.23. The highest BCUT2D eigenvalue weighted by molar-refractivity contribution is 7.10. The molecule has 2 heterocycles. The van der Waals surface area contributed by atoms with Crippen molar-refractivity contribution >= 4 is 23.3 Å². The molecular weight excluding hydrogens is 216 g/mol. The molecule has 0 spiro atoms. The minimum atomic E-state index is -1.13. The Morgan fingerprint density at radius 1 is 1.53 bits per heavy atom. The maximum absolute atomic E-state index is 11.2. The van der Waals surface area contributed by atoms with Crippen molar-refractivity contribution < 1.29 is 14.7 Å². The van der Waals surface area contributed by atoms with E-state index in [1.54, 1.807) is 0 Å². The molecule has 1 aromatic heterocycles. The van der Waals surface area contributed by atoms with Crippen LogP contribution in [0.15, 0.2) is 29.3 Å². The van der Waals surface area contributed by atoms with Gasteiger partial charge in [-0.15, -0.1) is 11.3 Å². The third-order valence-corrected chi connectivity index (χ3v) is 2.90. The molecular formula is C9H8N2O3S. The number of amides is 2. The molecule has 0 fully saturated rings. The van der Waals surface area contributed by atoms with E-state index in [2.05, 4.69) is 10.6 Å². The van der Waals surface area contributed by atoms with Gasteiger partial charge in [0.2, 0.25) is 0 Å². The van der Waals surface area contributed by atoms with Gasteiger partial charge < -0.3 is 15.7 Å². The van der Waals surface area contributed by atoms with Crippen LogP contribution in [0.1, 0.15) is 10.9 Å². The zero-order valence-corrected chi connectivity index (χ0v) is 8.38. The fraction of sp³-hybridized carbons (Fsp3) is 0.111. The van der Waals surface area contributed by atoms with Crippen LogP contribution in [0.3, 0.4) is 0 Å². The number of aliphatic carboxylic acids is 1. The molecule has 3 N–H and O–H groups in total. The minimum absolute atomic E-state index is 0.0860. The van der Waals surface area contributed by atoms with Gasteiger partial charge in [-0.2, -0.15) is 0 Å². The summed E-state index contributed by atoms with van der Waals surface area (Å²) in [5.74, 6) is -1.13. The van der Waals surface area contributed by atoms with Gasteiger partial charge in [-0.3, -0.25) is 0 Å². The smallest absolute Gasteiger partial charge is 0.352 e. The molecule has 15 heavy (non-hydrogen) atoms. The van der Waals surface area contributed by atoms with Crippen LogP contribution >= 0.6 is 11.3 Å². The van der Waals surface area contributed by atoms with Gasteiger partial charge in [0.15, 0.2) is 0 Å². The average molecular weight is 224 g/mol. The molecule has 6 heteroatoms. The van der Waals surface area contributed by atoms with Crippen LogP contribution in [0.2, 0.25) is 0 Å². The van der Waals surface area contributed by atoms with E-state index < -0.39 is 12.0 Å². The Labute approximate surface area is 89.4 Å². The summed E-state index contributed by atoms with van der Waals surface area (Å²) < 4.78 is 0. The second kappa shape index (κ2) is 3.74. The van der Waals surface area contributed by atoms with Gasteiger partial charge >= 0.3 is 12.0 Å². The van der Waals surface area contributed by atoms with Crippen LogP contribution in [-0.2, 0) is 4.79 Å². The zero-order valence-electron chi connectivity index (χ0n) is 7.56. The Bertz CT molecular complexity index is 425. The Morgan fingerprint density at radius 3 is 2.93 bits per heavy atom. The Hall–Kier alpha value is -1.82. The highest BCUT2D eigenvalue weighted by Gasteiger charge is 2.23.